The Morgan fingerprint density at radius 1 is 0.935 bits per heavy atom. The third-order valence-corrected chi connectivity index (χ3v) is 8.75. The molecule has 2 amide bonds. The lowest BCUT2D eigenvalue weighted by atomic mass is 10.0. The lowest BCUT2D eigenvalue weighted by Gasteiger charge is -2.36. The highest BCUT2D eigenvalue weighted by Gasteiger charge is 2.32. The minimum atomic E-state index is -0.824. The van der Waals surface area contributed by atoms with Crippen molar-refractivity contribution in [2.24, 2.45) is 0 Å². The number of methoxy groups -OCH3 is 1. The van der Waals surface area contributed by atoms with E-state index in [1.807, 2.05) is 84.9 Å². The number of aliphatic hydroxyl groups excluding tert-OH is 1. The van der Waals surface area contributed by atoms with E-state index in [4.69, 9.17) is 14.2 Å². The highest BCUT2D eigenvalue weighted by molar-refractivity contribution is 7.99. The van der Waals surface area contributed by atoms with Crippen LogP contribution >= 0.6 is 11.8 Å². The molecule has 1 aliphatic rings. The first kappa shape index (κ1) is 33.0. The summed E-state index contributed by atoms with van der Waals surface area (Å²) in [7, 11) is 1.29. The van der Waals surface area contributed by atoms with Crippen LogP contribution in [0.2, 0.25) is 0 Å². The summed E-state index contributed by atoms with van der Waals surface area (Å²) in [6, 6.07) is 28.6. The fourth-order valence-corrected chi connectivity index (χ4v) is 6.03. The van der Waals surface area contributed by atoms with E-state index < -0.39 is 24.3 Å². The smallest absolute Gasteiger partial charge is 0.328 e. The lowest BCUT2D eigenvalue weighted by Crippen LogP contribution is -2.47. The van der Waals surface area contributed by atoms with Gasteiger partial charge in [0.25, 0.3) is 5.03 Å². The van der Waals surface area contributed by atoms with Gasteiger partial charge in [-0.2, -0.15) is 4.73 Å². The normalized spacial score (nSPS) is 18.3. The molecule has 1 aromatic heterocycles. The van der Waals surface area contributed by atoms with E-state index in [0.29, 0.717) is 23.6 Å². The second-order valence-corrected chi connectivity index (χ2v) is 11.9. The Labute approximate surface area is 272 Å². The van der Waals surface area contributed by atoms with Crippen molar-refractivity contribution < 1.29 is 33.6 Å². The highest BCUT2D eigenvalue weighted by atomic mass is 32.2. The van der Waals surface area contributed by atoms with Crippen LogP contribution in [-0.4, -0.2) is 42.1 Å². The summed E-state index contributed by atoms with van der Waals surface area (Å²) < 4.78 is 18.5. The molecule has 4 aromatic rings. The summed E-state index contributed by atoms with van der Waals surface area (Å²) in [6.07, 6.45) is 1.28. The minimum Gasteiger partial charge on any atom is -0.618 e. The number of aliphatic hydroxyl groups is 1. The zero-order chi connectivity index (χ0) is 32.3. The summed E-state index contributed by atoms with van der Waals surface area (Å²) in [5, 5.41) is 27.8. The largest absolute Gasteiger partial charge is 0.618 e. The zero-order valence-electron chi connectivity index (χ0n) is 25.4. The molecule has 3 aromatic carbocycles. The van der Waals surface area contributed by atoms with Crippen LogP contribution in [0, 0.1) is 5.21 Å². The first-order chi connectivity index (χ1) is 22.4. The van der Waals surface area contributed by atoms with Crippen molar-refractivity contribution in [1.82, 2.24) is 10.6 Å². The van der Waals surface area contributed by atoms with E-state index in [1.54, 1.807) is 12.1 Å². The maximum Gasteiger partial charge on any atom is 0.328 e. The van der Waals surface area contributed by atoms with Gasteiger partial charge in [-0.15, -0.1) is 0 Å². The Morgan fingerprint density at radius 3 is 2.33 bits per heavy atom. The van der Waals surface area contributed by atoms with E-state index in [2.05, 4.69) is 10.6 Å². The first-order valence-corrected chi connectivity index (χ1v) is 16.0. The lowest BCUT2D eigenvalue weighted by molar-refractivity contribution is -0.645. The van der Waals surface area contributed by atoms with Crippen LogP contribution < -0.4 is 15.4 Å². The van der Waals surface area contributed by atoms with Gasteiger partial charge in [0.05, 0.1) is 25.9 Å². The average molecular weight is 644 g/mol. The second kappa shape index (κ2) is 16.2. The monoisotopic (exact) mass is 643 g/mol. The molecule has 0 aliphatic carbocycles. The van der Waals surface area contributed by atoms with Crippen LogP contribution in [-0.2, 0) is 38.6 Å². The van der Waals surface area contributed by atoms with Crippen molar-refractivity contribution in [2.75, 3.05) is 12.9 Å². The molecule has 0 spiro atoms. The molecule has 240 valence electrons. The molecule has 1 saturated heterocycles. The number of aromatic nitrogens is 1. The van der Waals surface area contributed by atoms with Gasteiger partial charge in [0, 0.05) is 42.8 Å². The summed E-state index contributed by atoms with van der Waals surface area (Å²) >= 11 is 1.44. The molecule has 10 nitrogen and oxygen atoms in total. The van der Waals surface area contributed by atoms with Gasteiger partial charge in [-0.25, -0.2) is 9.59 Å². The fraction of sp³-hybridized carbons (Fsp3) is 0.286. The predicted molar refractivity (Wildman–Crippen MR) is 172 cm³/mol. The van der Waals surface area contributed by atoms with Crippen molar-refractivity contribution in [1.29, 1.82) is 0 Å². The van der Waals surface area contributed by atoms with Crippen molar-refractivity contribution >= 4 is 23.8 Å². The number of urea groups is 1. The number of carbonyl (C=O) groups is 2. The molecule has 1 aliphatic heterocycles. The third kappa shape index (κ3) is 9.07. The number of pyridine rings is 1. The average Bonchev–Trinajstić information content (AvgIpc) is 3.10. The number of rotatable bonds is 12. The van der Waals surface area contributed by atoms with Crippen molar-refractivity contribution in [3.63, 3.8) is 0 Å². The molecule has 11 heteroatoms. The number of esters is 1. The fourth-order valence-electron chi connectivity index (χ4n) is 5.10. The second-order valence-electron chi connectivity index (χ2n) is 10.9. The topological polar surface area (TPSA) is 133 Å². The van der Waals surface area contributed by atoms with Gasteiger partial charge in [0.2, 0.25) is 0 Å². The Bertz CT molecular complexity index is 1570. The number of nitrogens with one attached hydrogen (secondary N) is 2. The number of ether oxygens (including phenoxy) is 3. The number of thioether (sulfide) groups is 1. The Hall–Kier alpha value is -4.42. The predicted octanol–water partition coefficient (Wildman–Crippen LogP) is 4.73. The number of carbonyl (C=O) groups excluding carboxylic acids is 2. The summed E-state index contributed by atoms with van der Waals surface area (Å²) in [5.41, 5.74) is 4.36. The van der Waals surface area contributed by atoms with Crippen molar-refractivity contribution in [2.45, 2.75) is 55.6 Å². The van der Waals surface area contributed by atoms with Crippen LogP contribution in [0.3, 0.4) is 0 Å². The molecular weight excluding hydrogens is 606 g/mol. The van der Waals surface area contributed by atoms with Crippen molar-refractivity contribution in [3.8, 4) is 0 Å². The van der Waals surface area contributed by atoms with Gasteiger partial charge < -0.3 is 35.2 Å². The number of nitrogens with zero attached hydrogens (tertiary/aromatic N) is 1. The quantitative estimate of drug-likeness (QED) is 0.0874. The maximum absolute atomic E-state index is 12.7. The van der Waals surface area contributed by atoms with E-state index in [-0.39, 0.29) is 25.4 Å². The molecule has 5 rings (SSSR count). The molecule has 46 heavy (non-hydrogen) atoms. The van der Waals surface area contributed by atoms with E-state index in [0.717, 1.165) is 32.5 Å². The summed E-state index contributed by atoms with van der Waals surface area (Å²) in [5.74, 6) is 0.0387. The van der Waals surface area contributed by atoms with E-state index in [1.165, 1.54) is 25.1 Å². The molecule has 1 fully saturated rings. The molecule has 4 atom stereocenters. The van der Waals surface area contributed by atoms with Gasteiger partial charge in [-0.1, -0.05) is 90.6 Å². The number of benzene rings is 3. The van der Waals surface area contributed by atoms with Gasteiger partial charge in [-0.05, 0) is 28.3 Å². The summed E-state index contributed by atoms with van der Waals surface area (Å²) in [4.78, 5) is 25.0. The molecule has 0 saturated carbocycles. The minimum absolute atomic E-state index is 0.0362. The van der Waals surface area contributed by atoms with Crippen molar-refractivity contribution in [3.05, 3.63) is 136 Å². The maximum atomic E-state index is 12.7. The van der Waals surface area contributed by atoms with Gasteiger partial charge in [0.15, 0.2) is 12.5 Å². The molecule has 3 N–H and O–H groups in total. The van der Waals surface area contributed by atoms with E-state index in [9.17, 15) is 19.9 Å². The Morgan fingerprint density at radius 2 is 1.63 bits per heavy atom. The Kier molecular flexibility index (Phi) is 11.6. The number of amides is 2. The summed E-state index contributed by atoms with van der Waals surface area (Å²) in [6.45, 7) is 0.203. The standard InChI is InChI=1S/C35H37N3O7S/c1-43-33(40)30(19-24-7-3-2-4-8-24)37-35(41)36-21-25-10-16-28(17-11-25)34-44-29(23-46-32-9-5-6-18-38(32)42)20-31(45-34)27-14-12-26(22-39)13-15-27/h2-18,29-31,34,39H,19-23H2,1H3,(H2,36,37,41). The molecule has 0 bridgehead atoms. The molecule has 4 unspecified atom stereocenters. The number of hydrogen-bond donors (Lipinski definition) is 3. The van der Waals surface area contributed by atoms with Crippen LogP contribution in [0.1, 0.15) is 46.6 Å². The van der Waals surface area contributed by atoms with E-state index >= 15 is 0 Å². The van der Waals surface area contributed by atoms with Crippen LogP contribution in [0.15, 0.2) is 108 Å². The SMILES string of the molecule is COC(=O)C(Cc1ccccc1)NC(=O)NCc1ccc(C2OC(CSc3cccc[n+]3[O-])CC(c3ccc(CO)cc3)O2)cc1. The van der Waals surface area contributed by atoms with Crippen LogP contribution in [0.4, 0.5) is 4.79 Å². The van der Waals surface area contributed by atoms with Gasteiger partial charge in [0.1, 0.15) is 6.04 Å². The molecule has 2 heterocycles. The van der Waals surface area contributed by atoms with Gasteiger partial charge >= 0.3 is 12.0 Å². The van der Waals surface area contributed by atoms with Crippen LogP contribution in [0.5, 0.6) is 0 Å². The van der Waals surface area contributed by atoms with Crippen LogP contribution in [0.25, 0.3) is 0 Å². The molecular formula is C35H37N3O7S. The third-order valence-electron chi connectivity index (χ3n) is 7.60. The zero-order valence-corrected chi connectivity index (χ0v) is 26.2. The van der Waals surface area contributed by atoms with Gasteiger partial charge in [-0.3, -0.25) is 0 Å². The molecule has 0 radical (unpaired) electrons. The first-order valence-electron chi connectivity index (χ1n) is 15.0. The number of hydrogen-bond acceptors (Lipinski definition) is 8. The Balaban J connectivity index is 1.22. The highest BCUT2D eigenvalue weighted by Crippen LogP contribution is 2.39.